The van der Waals surface area contributed by atoms with Gasteiger partial charge in [-0.1, -0.05) is 6.07 Å². The summed E-state index contributed by atoms with van der Waals surface area (Å²) in [5, 5.41) is 2.52. The highest BCUT2D eigenvalue weighted by molar-refractivity contribution is 5.91. The number of fused-ring (bicyclic) bond motifs is 1. The van der Waals surface area contributed by atoms with Gasteiger partial charge < -0.3 is 9.88 Å². The van der Waals surface area contributed by atoms with Crippen LogP contribution in [0.2, 0.25) is 0 Å². The second kappa shape index (κ2) is 6.00. The molecule has 2 heterocycles. The van der Waals surface area contributed by atoms with Crippen LogP contribution in [0.3, 0.4) is 0 Å². The van der Waals surface area contributed by atoms with Gasteiger partial charge in [-0.15, -0.1) is 0 Å². The highest BCUT2D eigenvalue weighted by Gasteiger charge is 2.17. The molecular formula is C16H16FN5O3. The summed E-state index contributed by atoms with van der Waals surface area (Å²) in [6, 6.07) is 3.98. The van der Waals surface area contributed by atoms with Gasteiger partial charge in [0.25, 0.3) is 5.56 Å². The Balaban J connectivity index is 1.99. The second-order valence-corrected chi connectivity index (χ2v) is 5.77. The molecule has 0 aliphatic carbocycles. The van der Waals surface area contributed by atoms with E-state index in [2.05, 4.69) is 10.3 Å². The number of halogens is 1. The van der Waals surface area contributed by atoms with Crippen molar-refractivity contribution in [1.82, 2.24) is 18.7 Å². The molecule has 3 aromatic rings. The monoisotopic (exact) mass is 345 g/mol. The molecule has 0 saturated heterocycles. The summed E-state index contributed by atoms with van der Waals surface area (Å²) < 4.78 is 16.8. The summed E-state index contributed by atoms with van der Waals surface area (Å²) in [5.74, 6) is -1.10. The van der Waals surface area contributed by atoms with Gasteiger partial charge in [-0.05, 0) is 24.6 Å². The van der Waals surface area contributed by atoms with Crippen molar-refractivity contribution < 1.29 is 9.18 Å². The third-order valence-corrected chi connectivity index (χ3v) is 3.98. The Morgan fingerprint density at radius 3 is 2.72 bits per heavy atom. The summed E-state index contributed by atoms with van der Waals surface area (Å²) >= 11 is 0. The quantitative estimate of drug-likeness (QED) is 0.749. The molecular weight excluding hydrogens is 329 g/mol. The first kappa shape index (κ1) is 16.6. The number of nitrogens with zero attached hydrogens (tertiary/aromatic N) is 4. The number of aryl methyl sites for hydroxylation is 3. The van der Waals surface area contributed by atoms with Crippen molar-refractivity contribution in [1.29, 1.82) is 0 Å². The van der Waals surface area contributed by atoms with Gasteiger partial charge in [0, 0.05) is 19.8 Å². The van der Waals surface area contributed by atoms with Gasteiger partial charge in [0.1, 0.15) is 12.4 Å². The number of carbonyl (C=O) groups excluding carboxylic acids is 1. The Bertz CT molecular complexity index is 1110. The Kier molecular flexibility index (Phi) is 3.99. The Hall–Kier alpha value is -3.23. The lowest BCUT2D eigenvalue weighted by molar-refractivity contribution is -0.116. The van der Waals surface area contributed by atoms with Gasteiger partial charge >= 0.3 is 5.69 Å². The molecule has 2 aromatic heterocycles. The molecule has 25 heavy (non-hydrogen) atoms. The van der Waals surface area contributed by atoms with Crippen LogP contribution in [0.4, 0.5) is 10.1 Å². The molecule has 1 aromatic carbocycles. The average Bonchev–Trinajstić information content (AvgIpc) is 2.95. The maximum Gasteiger partial charge on any atom is 0.332 e. The van der Waals surface area contributed by atoms with Crippen molar-refractivity contribution in [3.8, 4) is 0 Å². The summed E-state index contributed by atoms with van der Waals surface area (Å²) in [7, 11) is 3.10. The molecule has 1 amide bonds. The fourth-order valence-corrected chi connectivity index (χ4v) is 2.60. The lowest BCUT2D eigenvalue weighted by Gasteiger charge is -2.11. The molecule has 130 valence electrons. The first-order chi connectivity index (χ1) is 11.8. The maximum absolute atomic E-state index is 13.3. The number of carbonyl (C=O) groups is 1. The van der Waals surface area contributed by atoms with E-state index >= 15 is 0 Å². The first-order valence-electron chi connectivity index (χ1n) is 7.46. The van der Waals surface area contributed by atoms with Gasteiger partial charge in [0.2, 0.25) is 5.91 Å². The standard InChI is InChI=1S/C16H16FN5O3/c1-9-4-5-10(17)6-11(9)19-12(23)7-22-15(24)13-14(18-8-20(13)2)21(3)16(22)25/h4-6,8H,7H2,1-3H3,(H,19,23). The van der Waals surface area contributed by atoms with Gasteiger partial charge in [0.15, 0.2) is 11.2 Å². The van der Waals surface area contributed by atoms with Gasteiger partial charge in [-0.2, -0.15) is 0 Å². The summed E-state index contributed by atoms with van der Waals surface area (Å²) in [4.78, 5) is 41.2. The number of rotatable bonds is 3. The van der Waals surface area contributed by atoms with E-state index in [1.165, 1.54) is 40.7 Å². The van der Waals surface area contributed by atoms with Crippen molar-refractivity contribution in [2.75, 3.05) is 5.32 Å². The number of hydrogen-bond acceptors (Lipinski definition) is 4. The van der Waals surface area contributed by atoms with Crippen LogP contribution in [0.15, 0.2) is 34.1 Å². The zero-order valence-electron chi connectivity index (χ0n) is 13.9. The van der Waals surface area contributed by atoms with Crippen molar-refractivity contribution in [2.24, 2.45) is 14.1 Å². The zero-order chi connectivity index (χ0) is 18.3. The van der Waals surface area contributed by atoms with E-state index in [9.17, 15) is 18.8 Å². The van der Waals surface area contributed by atoms with E-state index in [1.807, 2.05) is 0 Å². The number of amides is 1. The van der Waals surface area contributed by atoms with Crippen molar-refractivity contribution in [3.05, 3.63) is 56.7 Å². The minimum Gasteiger partial charge on any atom is -0.328 e. The minimum absolute atomic E-state index is 0.219. The molecule has 0 atom stereocenters. The Labute approximate surface area is 141 Å². The fourth-order valence-electron chi connectivity index (χ4n) is 2.60. The molecule has 8 nitrogen and oxygen atoms in total. The van der Waals surface area contributed by atoms with Gasteiger partial charge in [0.05, 0.1) is 6.33 Å². The normalized spacial score (nSPS) is 11.0. The number of benzene rings is 1. The van der Waals surface area contributed by atoms with E-state index < -0.39 is 29.5 Å². The van der Waals surface area contributed by atoms with E-state index in [-0.39, 0.29) is 16.9 Å². The van der Waals surface area contributed by atoms with Crippen LogP contribution in [0.25, 0.3) is 11.2 Å². The second-order valence-electron chi connectivity index (χ2n) is 5.77. The van der Waals surface area contributed by atoms with E-state index in [0.717, 1.165) is 4.57 Å². The van der Waals surface area contributed by atoms with Crippen molar-refractivity contribution in [2.45, 2.75) is 13.5 Å². The molecule has 3 rings (SSSR count). The molecule has 0 spiro atoms. The van der Waals surface area contributed by atoms with Crippen LogP contribution < -0.4 is 16.6 Å². The van der Waals surface area contributed by atoms with E-state index in [0.29, 0.717) is 5.56 Å². The van der Waals surface area contributed by atoms with Gasteiger partial charge in [-0.3, -0.25) is 14.2 Å². The van der Waals surface area contributed by atoms with E-state index in [1.54, 1.807) is 14.0 Å². The van der Waals surface area contributed by atoms with Gasteiger partial charge in [-0.25, -0.2) is 18.7 Å². The first-order valence-corrected chi connectivity index (χ1v) is 7.46. The molecule has 1 N–H and O–H groups in total. The SMILES string of the molecule is Cc1ccc(F)cc1NC(=O)Cn1c(=O)c2c(ncn2C)n(C)c1=O. The minimum atomic E-state index is -0.651. The van der Waals surface area contributed by atoms with Crippen molar-refractivity contribution in [3.63, 3.8) is 0 Å². The molecule has 0 fully saturated rings. The van der Waals surface area contributed by atoms with E-state index in [4.69, 9.17) is 0 Å². The molecule has 9 heteroatoms. The number of imidazole rings is 1. The summed E-state index contributed by atoms with van der Waals surface area (Å²) in [5.41, 5.74) is 0.159. The number of anilines is 1. The maximum atomic E-state index is 13.3. The molecule has 0 unspecified atom stereocenters. The van der Waals surface area contributed by atoms with Crippen LogP contribution in [0, 0.1) is 12.7 Å². The summed E-state index contributed by atoms with van der Waals surface area (Å²) in [6.45, 7) is 1.23. The average molecular weight is 345 g/mol. The smallest absolute Gasteiger partial charge is 0.328 e. The van der Waals surface area contributed by atoms with Crippen molar-refractivity contribution >= 4 is 22.8 Å². The van der Waals surface area contributed by atoms with Crippen LogP contribution in [-0.4, -0.2) is 24.6 Å². The predicted octanol–water partition coefficient (Wildman–Crippen LogP) is 0.520. The van der Waals surface area contributed by atoms with Crippen LogP contribution in [0.5, 0.6) is 0 Å². The Morgan fingerprint density at radius 1 is 1.28 bits per heavy atom. The number of nitrogens with one attached hydrogen (secondary N) is 1. The number of aromatic nitrogens is 4. The highest BCUT2D eigenvalue weighted by Crippen LogP contribution is 2.15. The molecule has 0 radical (unpaired) electrons. The largest absolute Gasteiger partial charge is 0.332 e. The number of hydrogen-bond donors (Lipinski definition) is 1. The van der Waals surface area contributed by atoms with Crippen LogP contribution in [-0.2, 0) is 25.4 Å². The zero-order valence-corrected chi connectivity index (χ0v) is 13.9. The fraction of sp³-hybridized carbons (Fsp3) is 0.250. The molecule has 0 saturated carbocycles. The third-order valence-electron chi connectivity index (χ3n) is 3.98. The molecule has 0 bridgehead atoms. The molecule has 0 aliphatic rings. The predicted molar refractivity (Wildman–Crippen MR) is 90.0 cm³/mol. The summed E-state index contributed by atoms with van der Waals surface area (Å²) in [6.07, 6.45) is 1.42. The lowest BCUT2D eigenvalue weighted by atomic mass is 10.2. The lowest BCUT2D eigenvalue weighted by Crippen LogP contribution is -2.42. The van der Waals surface area contributed by atoms with Crippen LogP contribution >= 0.6 is 0 Å². The Morgan fingerprint density at radius 2 is 2.00 bits per heavy atom. The highest BCUT2D eigenvalue weighted by atomic mass is 19.1. The van der Waals surface area contributed by atoms with Crippen LogP contribution in [0.1, 0.15) is 5.56 Å². The molecule has 0 aliphatic heterocycles. The third kappa shape index (κ3) is 2.84. The topological polar surface area (TPSA) is 90.9 Å².